The smallest absolute Gasteiger partial charge is 0.0491 e. The summed E-state index contributed by atoms with van der Waals surface area (Å²) in [5.41, 5.74) is 4.85. The number of benzene rings is 2. The maximum absolute atomic E-state index is 5.32. The number of hydrazine groups is 1. The summed E-state index contributed by atoms with van der Waals surface area (Å²) in [4.78, 5) is 0. The van der Waals surface area contributed by atoms with Crippen molar-refractivity contribution in [3.05, 3.63) is 42.0 Å². The zero-order valence-corrected chi connectivity index (χ0v) is 7.54. The Balaban J connectivity index is 2.66. The van der Waals surface area contributed by atoms with Crippen molar-refractivity contribution in [3.63, 3.8) is 0 Å². The van der Waals surface area contributed by atoms with Gasteiger partial charge in [0.25, 0.3) is 0 Å². The number of rotatable bonds is 1. The first-order valence-corrected chi connectivity index (χ1v) is 4.26. The van der Waals surface area contributed by atoms with Crippen molar-refractivity contribution in [3.8, 4) is 0 Å². The minimum absolute atomic E-state index is 0.941. The maximum Gasteiger partial charge on any atom is 0.0491 e. The lowest BCUT2D eigenvalue weighted by Crippen LogP contribution is -2.06. The van der Waals surface area contributed by atoms with Crippen molar-refractivity contribution in [1.82, 2.24) is 0 Å². The molecular formula is C11H12N2. The number of nitrogen functional groups attached to an aromatic ring is 1. The van der Waals surface area contributed by atoms with Gasteiger partial charge >= 0.3 is 0 Å². The largest absolute Gasteiger partial charge is 0.324 e. The van der Waals surface area contributed by atoms with Crippen LogP contribution in [0.1, 0.15) is 5.56 Å². The van der Waals surface area contributed by atoms with Crippen LogP contribution in [0.15, 0.2) is 36.4 Å². The van der Waals surface area contributed by atoms with E-state index in [2.05, 4.69) is 36.6 Å². The molecule has 0 aliphatic heterocycles. The summed E-state index contributed by atoms with van der Waals surface area (Å²) in [6.07, 6.45) is 0. The van der Waals surface area contributed by atoms with Crippen LogP contribution in [-0.4, -0.2) is 0 Å². The molecule has 3 N–H and O–H groups in total. The molecule has 0 saturated carbocycles. The number of hydrogen-bond acceptors (Lipinski definition) is 2. The summed E-state index contributed by atoms with van der Waals surface area (Å²) >= 11 is 0. The molecule has 0 spiro atoms. The fourth-order valence-corrected chi connectivity index (χ4v) is 1.45. The second kappa shape index (κ2) is 3.07. The summed E-state index contributed by atoms with van der Waals surface area (Å²) in [6.45, 7) is 2.09. The van der Waals surface area contributed by atoms with Crippen LogP contribution < -0.4 is 11.3 Å². The number of nitrogens with one attached hydrogen (secondary N) is 1. The molecule has 66 valence electrons. The number of nitrogens with two attached hydrogens (primary N) is 1. The van der Waals surface area contributed by atoms with Crippen LogP contribution in [0.3, 0.4) is 0 Å². The van der Waals surface area contributed by atoms with Crippen LogP contribution in [0.25, 0.3) is 10.8 Å². The molecule has 0 heterocycles. The Kier molecular flexibility index (Phi) is 1.91. The summed E-state index contributed by atoms with van der Waals surface area (Å²) in [6, 6.07) is 12.4. The standard InChI is InChI=1S/C11H12N2/c1-8-2-3-10-7-11(13-12)5-4-9(10)6-8/h2-7,13H,12H2,1H3. The van der Waals surface area contributed by atoms with Gasteiger partial charge in [-0.1, -0.05) is 29.8 Å². The SMILES string of the molecule is Cc1ccc2cc(NN)ccc2c1. The first-order chi connectivity index (χ1) is 6.29. The summed E-state index contributed by atoms with van der Waals surface area (Å²) < 4.78 is 0. The van der Waals surface area contributed by atoms with Crippen LogP contribution in [-0.2, 0) is 0 Å². The van der Waals surface area contributed by atoms with E-state index in [-0.39, 0.29) is 0 Å². The molecule has 0 unspecified atom stereocenters. The summed E-state index contributed by atoms with van der Waals surface area (Å²) in [7, 11) is 0. The maximum atomic E-state index is 5.32. The van der Waals surface area contributed by atoms with Gasteiger partial charge in [0.05, 0.1) is 0 Å². The summed E-state index contributed by atoms with van der Waals surface area (Å²) in [5, 5.41) is 2.46. The van der Waals surface area contributed by atoms with Gasteiger partial charge in [0, 0.05) is 5.69 Å². The molecule has 0 atom stereocenters. The molecule has 0 aromatic heterocycles. The Morgan fingerprint density at radius 1 is 1.00 bits per heavy atom. The molecule has 2 rings (SSSR count). The molecule has 2 aromatic carbocycles. The van der Waals surface area contributed by atoms with Crippen LogP contribution >= 0.6 is 0 Å². The van der Waals surface area contributed by atoms with E-state index in [1.165, 1.54) is 16.3 Å². The van der Waals surface area contributed by atoms with Gasteiger partial charge in [-0.05, 0) is 29.8 Å². The van der Waals surface area contributed by atoms with E-state index in [1.54, 1.807) is 0 Å². The highest BCUT2D eigenvalue weighted by Crippen LogP contribution is 2.19. The van der Waals surface area contributed by atoms with E-state index in [9.17, 15) is 0 Å². The molecule has 13 heavy (non-hydrogen) atoms. The molecule has 0 saturated heterocycles. The van der Waals surface area contributed by atoms with Gasteiger partial charge in [0.1, 0.15) is 0 Å². The average Bonchev–Trinajstić information content (AvgIpc) is 2.17. The van der Waals surface area contributed by atoms with Crippen LogP contribution in [0.5, 0.6) is 0 Å². The van der Waals surface area contributed by atoms with Crippen LogP contribution in [0.4, 0.5) is 5.69 Å². The fraction of sp³-hybridized carbons (Fsp3) is 0.0909. The van der Waals surface area contributed by atoms with Gasteiger partial charge in [-0.3, -0.25) is 5.84 Å². The minimum Gasteiger partial charge on any atom is -0.324 e. The number of aryl methyl sites for hydroxylation is 1. The Morgan fingerprint density at radius 2 is 1.69 bits per heavy atom. The van der Waals surface area contributed by atoms with Gasteiger partial charge in [-0.2, -0.15) is 0 Å². The normalized spacial score (nSPS) is 10.3. The van der Waals surface area contributed by atoms with Gasteiger partial charge in [0.2, 0.25) is 0 Å². The summed E-state index contributed by atoms with van der Waals surface area (Å²) in [5.74, 6) is 5.32. The Labute approximate surface area is 77.3 Å². The molecule has 0 radical (unpaired) electrons. The van der Waals surface area contributed by atoms with Gasteiger partial charge in [0.15, 0.2) is 0 Å². The zero-order chi connectivity index (χ0) is 9.26. The van der Waals surface area contributed by atoms with Crippen molar-refractivity contribution in [2.75, 3.05) is 5.43 Å². The lowest BCUT2D eigenvalue weighted by molar-refractivity contribution is 1.36. The number of fused-ring (bicyclic) bond motifs is 1. The Hall–Kier alpha value is -1.54. The second-order valence-corrected chi connectivity index (χ2v) is 3.21. The highest BCUT2D eigenvalue weighted by atomic mass is 15.2. The topological polar surface area (TPSA) is 38.0 Å². The lowest BCUT2D eigenvalue weighted by atomic mass is 10.1. The van der Waals surface area contributed by atoms with E-state index in [4.69, 9.17) is 5.84 Å². The quantitative estimate of drug-likeness (QED) is 0.512. The van der Waals surface area contributed by atoms with Crippen molar-refractivity contribution < 1.29 is 0 Å². The van der Waals surface area contributed by atoms with Gasteiger partial charge in [-0.15, -0.1) is 0 Å². The van der Waals surface area contributed by atoms with Crippen LogP contribution in [0, 0.1) is 6.92 Å². The molecule has 0 fully saturated rings. The van der Waals surface area contributed by atoms with Gasteiger partial charge in [-0.25, -0.2) is 0 Å². The molecule has 2 nitrogen and oxygen atoms in total. The monoisotopic (exact) mass is 172 g/mol. The van der Waals surface area contributed by atoms with E-state index >= 15 is 0 Å². The van der Waals surface area contributed by atoms with Crippen molar-refractivity contribution in [2.24, 2.45) is 5.84 Å². The predicted molar refractivity (Wildman–Crippen MR) is 56.5 cm³/mol. The van der Waals surface area contributed by atoms with E-state index in [0.717, 1.165) is 5.69 Å². The molecule has 0 aliphatic carbocycles. The number of anilines is 1. The van der Waals surface area contributed by atoms with Crippen molar-refractivity contribution in [2.45, 2.75) is 6.92 Å². The van der Waals surface area contributed by atoms with Crippen molar-refractivity contribution in [1.29, 1.82) is 0 Å². The van der Waals surface area contributed by atoms with Gasteiger partial charge < -0.3 is 5.43 Å². The Bertz CT molecular complexity index is 435. The average molecular weight is 172 g/mol. The highest BCUT2D eigenvalue weighted by Gasteiger charge is 1.94. The third-order valence-corrected chi connectivity index (χ3v) is 2.16. The number of hydrogen-bond donors (Lipinski definition) is 2. The van der Waals surface area contributed by atoms with E-state index < -0.39 is 0 Å². The molecule has 2 heteroatoms. The third kappa shape index (κ3) is 1.48. The molecule has 2 aromatic rings. The zero-order valence-electron chi connectivity index (χ0n) is 7.54. The first kappa shape index (κ1) is 8.08. The van der Waals surface area contributed by atoms with E-state index in [0.29, 0.717) is 0 Å². The fourth-order valence-electron chi connectivity index (χ4n) is 1.45. The lowest BCUT2D eigenvalue weighted by Gasteiger charge is -2.03. The first-order valence-electron chi connectivity index (χ1n) is 4.26. The van der Waals surface area contributed by atoms with Crippen LogP contribution in [0.2, 0.25) is 0 Å². The molecule has 0 amide bonds. The highest BCUT2D eigenvalue weighted by molar-refractivity contribution is 5.86. The Morgan fingerprint density at radius 3 is 2.46 bits per heavy atom. The van der Waals surface area contributed by atoms with E-state index in [1.807, 2.05) is 12.1 Å². The second-order valence-electron chi connectivity index (χ2n) is 3.21. The molecular weight excluding hydrogens is 160 g/mol. The predicted octanol–water partition coefficient (Wildman–Crippen LogP) is 2.43. The third-order valence-electron chi connectivity index (χ3n) is 2.16. The molecule has 0 bridgehead atoms. The minimum atomic E-state index is 0.941. The molecule has 0 aliphatic rings. The van der Waals surface area contributed by atoms with Crippen molar-refractivity contribution >= 4 is 16.5 Å².